The van der Waals surface area contributed by atoms with Crippen LogP contribution in [0.4, 0.5) is 0 Å². The molecule has 0 saturated carbocycles. The van der Waals surface area contributed by atoms with E-state index in [1.54, 1.807) is 0 Å². The Bertz CT molecular complexity index is 366. The summed E-state index contributed by atoms with van der Waals surface area (Å²) >= 11 is 0. The summed E-state index contributed by atoms with van der Waals surface area (Å²) in [7, 11) is 0. The van der Waals surface area contributed by atoms with E-state index in [0.717, 1.165) is 5.75 Å². The fourth-order valence-electron chi connectivity index (χ4n) is 1.67. The molecule has 0 heterocycles. The summed E-state index contributed by atoms with van der Waals surface area (Å²) in [5, 5.41) is 0. The molecule has 2 nitrogen and oxygen atoms in total. The van der Waals surface area contributed by atoms with Crippen molar-refractivity contribution in [2.24, 2.45) is 11.7 Å². The molecule has 1 aromatic carbocycles. The normalized spacial score (nSPS) is 13.5. The Balaban J connectivity index is 2.92. The van der Waals surface area contributed by atoms with Gasteiger partial charge in [-0.2, -0.15) is 0 Å². The molecule has 0 aliphatic rings. The Hall–Kier alpha value is -1.02. The topological polar surface area (TPSA) is 35.2 Å². The average molecular weight is 235 g/mol. The lowest BCUT2D eigenvalue weighted by molar-refractivity contribution is 0.258. The maximum atomic E-state index is 5.92. The molecule has 0 aliphatic heterocycles. The van der Waals surface area contributed by atoms with E-state index in [1.165, 1.54) is 11.1 Å². The highest BCUT2D eigenvalue weighted by Crippen LogP contribution is 2.32. The minimum Gasteiger partial charge on any atom is -0.493 e. The van der Waals surface area contributed by atoms with Crippen LogP contribution < -0.4 is 10.5 Å². The van der Waals surface area contributed by atoms with E-state index >= 15 is 0 Å². The van der Waals surface area contributed by atoms with Gasteiger partial charge in [0.05, 0.1) is 6.61 Å². The van der Waals surface area contributed by atoms with Crippen molar-refractivity contribution >= 4 is 0 Å². The number of benzene rings is 1. The largest absolute Gasteiger partial charge is 0.493 e. The molecule has 17 heavy (non-hydrogen) atoms. The van der Waals surface area contributed by atoms with Gasteiger partial charge in [0.2, 0.25) is 0 Å². The first-order chi connectivity index (χ1) is 7.84. The zero-order valence-corrected chi connectivity index (χ0v) is 11.7. The Morgan fingerprint density at radius 1 is 1.29 bits per heavy atom. The Labute approximate surface area is 105 Å². The van der Waals surface area contributed by atoms with Crippen LogP contribution in [0.1, 0.15) is 38.8 Å². The summed E-state index contributed by atoms with van der Waals surface area (Å²) in [6.45, 7) is 12.2. The van der Waals surface area contributed by atoms with E-state index < -0.39 is 0 Å². The van der Waals surface area contributed by atoms with Crippen molar-refractivity contribution in [3.63, 3.8) is 0 Å². The number of ether oxygens (including phenoxy) is 1. The van der Waals surface area contributed by atoms with Gasteiger partial charge in [0.1, 0.15) is 5.75 Å². The molecule has 0 spiro atoms. The molecule has 1 atom stereocenters. The summed E-state index contributed by atoms with van der Waals surface area (Å²) in [6.07, 6.45) is 0. The van der Waals surface area contributed by atoms with Crippen molar-refractivity contribution < 1.29 is 4.74 Å². The Kier molecular flexibility index (Phi) is 4.58. The fraction of sp³-hybridized carbons (Fsp3) is 0.600. The second-order valence-electron chi connectivity index (χ2n) is 5.90. The monoisotopic (exact) mass is 235 g/mol. The van der Waals surface area contributed by atoms with E-state index in [9.17, 15) is 0 Å². The van der Waals surface area contributed by atoms with Crippen LogP contribution in [0.25, 0.3) is 0 Å². The van der Waals surface area contributed by atoms with Crippen molar-refractivity contribution in [1.82, 2.24) is 0 Å². The zero-order chi connectivity index (χ0) is 13.1. The molecular formula is C15H25NO. The summed E-state index contributed by atoms with van der Waals surface area (Å²) in [5.41, 5.74) is 8.20. The zero-order valence-electron chi connectivity index (χ0n) is 11.7. The lowest BCUT2D eigenvalue weighted by Gasteiger charge is -2.24. The third-order valence-electron chi connectivity index (χ3n) is 2.87. The number of rotatable bonds is 4. The highest BCUT2D eigenvalue weighted by atomic mass is 16.5. The lowest BCUT2D eigenvalue weighted by Crippen LogP contribution is -2.20. The second-order valence-corrected chi connectivity index (χ2v) is 5.90. The molecule has 0 amide bonds. The number of nitrogens with two attached hydrogens (primary N) is 1. The molecule has 2 N–H and O–H groups in total. The minimum absolute atomic E-state index is 0.106. The fourth-order valence-corrected chi connectivity index (χ4v) is 1.67. The molecule has 1 rings (SSSR count). The quantitative estimate of drug-likeness (QED) is 0.869. The van der Waals surface area contributed by atoms with Crippen LogP contribution in [0.2, 0.25) is 0 Å². The van der Waals surface area contributed by atoms with E-state index in [2.05, 4.69) is 52.8 Å². The molecule has 0 aromatic heterocycles. The highest BCUT2D eigenvalue weighted by Gasteiger charge is 2.19. The van der Waals surface area contributed by atoms with E-state index in [1.807, 2.05) is 0 Å². The van der Waals surface area contributed by atoms with Crippen LogP contribution in [0, 0.1) is 12.8 Å². The van der Waals surface area contributed by atoms with Gasteiger partial charge in [-0.3, -0.25) is 0 Å². The highest BCUT2D eigenvalue weighted by molar-refractivity contribution is 5.41. The van der Waals surface area contributed by atoms with Gasteiger partial charge >= 0.3 is 0 Å². The van der Waals surface area contributed by atoms with Crippen LogP contribution in [-0.2, 0) is 5.41 Å². The average Bonchev–Trinajstić information content (AvgIpc) is 2.24. The Morgan fingerprint density at radius 2 is 1.94 bits per heavy atom. The van der Waals surface area contributed by atoms with Gasteiger partial charge in [0, 0.05) is 5.92 Å². The third kappa shape index (κ3) is 4.04. The molecule has 1 aromatic rings. The maximum Gasteiger partial charge on any atom is 0.123 e. The molecule has 0 bridgehead atoms. The Morgan fingerprint density at radius 3 is 2.47 bits per heavy atom. The summed E-state index contributed by atoms with van der Waals surface area (Å²) in [5.74, 6) is 1.39. The summed E-state index contributed by atoms with van der Waals surface area (Å²) < 4.78 is 5.92. The van der Waals surface area contributed by atoms with Gasteiger partial charge in [0.25, 0.3) is 0 Å². The minimum atomic E-state index is 0.106. The summed E-state index contributed by atoms with van der Waals surface area (Å²) in [6, 6.07) is 6.42. The van der Waals surface area contributed by atoms with Crippen LogP contribution in [0.3, 0.4) is 0 Å². The molecule has 0 fully saturated rings. The number of hydrogen-bond acceptors (Lipinski definition) is 2. The SMILES string of the molecule is Cc1ccc(C(C)(C)C)c(OCC(C)CN)c1. The first-order valence-electron chi connectivity index (χ1n) is 6.28. The molecule has 96 valence electrons. The molecule has 0 aliphatic carbocycles. The van der Waals surface area contributed by atoms with Crippen molar-refractivity contribution in [2.45, 2.75) is 40.0 Å². The van der Waals surface area contributed by atoms with E-state index in [-0.39, 0.29) is 5.41 Å². The predicted molar refractivity (Wildman–Crippen MR) is 73.6 cm³/mol. The first kappa shape index (κ1) is 14.0. The third-order valence-corrected chi connectivity index (χ3v) is 2.87. The lowest BCUT2D eigenvalue weighted by atomic mass is 9.86. The first-order valence-corrected chi connectivity index (χ1v) is 6.28. The molecule has 0 saturated heterocycles. The van der Waals surface area contributed by atoms with Gasteiger partial charge in [-0.1, -0.05) is 39.8 Å². The van der Waals surface area contributed by atoms with E-state index in [0.29, 0.717) is 19.1 Å². The van der Waals surface area contributed by atoms with Crippen LogP contribution >= 0.6 is 0 Å². The smallest absolute Gasteiger partial charge is 0.123 e. The molecule has 2 heteroatoms. The van der Waals surface area contributed by atoms with Crippen LogP contribution in [0.5, 0.6) is 5.75 Å². The number of hydrogen-bond donors (Lipinski definition) is 1. The van der Waals surface area contributed by atoms with Crippen molar-refractivity contribution in [1.29, 1.82) is 0 Å². The summed E-state index contributed by atoms with van der Waals surface area (Å²) in [4.78, 5) is 0. The van der Waals surface area contributed by atoms with Gasteiger partial charge in [-0.05, 0) is 36.1 Å². The second kappa shape index (κ2) is 5.54. The standard InChI is InChI=1S/C15H25NO/c1-11-6-7-13(15(3,4)5)14(8-11)17-10-12(2)9-16/h6-8,12H,9-10,16H2,1-5H3. The van der Waals surface area contributed by atoms with Gasteiger partial charge < -0.3 is 10.5 Å². The van der Waals surface area contributed by atoms with Crippen molar-refractivity contribution in [2.75, 3.05) is 13.2 Å². The van der Waals surface area contributed by atoms with Gasteiger partial charge in [-0.15, -0.1) is 0 Å². The molecular weight excluding hydrogens is 210 g/mol. The van der Waals surface area contributed by atoms with E-state index in [4.69, 9.17) is 10.5 Å². The van der Waals surface area contributed by atoms with Crippen molar-refractivity contribution in [3.8, 4) is 5.75 Å². The van der Waals surface area contributed by atoms with Crippen molar-refractivity contribution in [3.05, 3.63) is 29.3 Å². The number of aryl methyl sites for hydroxylation is 1. The maximum absolute atomic E-state index is 5.92. The van der Waals surface area contributed by atoms with Crippen LogP contribution in [-0.4, -0.2) is 13.2 Å². The predicted octanol–water partition coefficient (Wildman–Crippen LogP) is 3.27. The van der Waals surface area contributed by atoms with Crippen LogP contribution in [0.15, 0.2) is 18.2 Å². The molecule has 1 unspecified atom stereocenters. The molecule has 0 radical (unpaired) electrons. The van der Waals surface area contributed by atoms with Gasteiger partial charge in [0.15, 0.2) is 0 Å². The van der Waals surface area contributed by atoms with Gasteiger partial charge in [-0.25, -0.2) is 0 Å².